The first-order valence-electron chi connectivity index (χ1n) is 4.88. The topological polar surface area (TPSA) is 67.4 Å². The summed E-state index contributed by atoms with van der Waals surface area (Å²) in [5, 5.41) is 5.83. The molecule has 0 aromatic carbocycles. The van der Waals surface area contributed by atoms with E-state index in [-0.39, 0.29) is 17.9 Å². The van der Waals surface area contributed by atoms with Gasteiger partial charge in [0.1, 0.15) is 0 Å². The molecule has 0 saturated carbocycles. The Balaban J connectivity index is 2.04. The Morgan fingerprint density at radius 1 is 1.71 bits per heavy atom. The van der Waals surface area contributed by atoms with Crippen molar-refractivity contribution in [1.82, 2.24) is 10.6 Å². The number of hydrogen-bond donors (Lipinski definition) is 2. The summed E-state index contributed by atoms with van der Waals surface area (Å²) in [7, 11) is 0. The van der Waals surface area contributed by atoms with Crippen molar-refractivity contribution in [1.29, 1.82) is 0 Å². The second-order valence-electron chi connectivity index (χ2n) is 3.21. The highest BCUT2D eigenvalue weighted by molar-refractivity contribution is 5.78. The van der Waals surface area contributed by atoms with E-state index < -0.39 is 0 Å². The SMILES string of the molecule is CCOC(=O)CCNC1CNC(=O)C1. The van der Waals surface area contributed by atoms with Crippen LogP contribution < -0.4 is 10.6 Å². The third-order valence-electron chi connectivity index (χ3n) is 2.04. The summed E-state index contributed by atoms with van der Waals surface area (Å²) in [5.74, 6) is -0.129. The van der Waals surface area contributed by atoms with Gasteiger partial charge in [-0.3, -0.25) is 9.59 Å². The van der Waals surface area contributed by atoms with Crippen molar-refractivity contribution in [2.45, 2.75) is 25.8 Å². The smallest absolute Gasteiger partial charge is 0.307 e. The van der Waals surface area contributed by atoms with Crippen molar-refractivity contribution in [2.75, 3.05) is 19.7 Å². The molecule has 14 heavy (non-hydrogen) atoms. The van der Waals surface area contributed by atoms with Crippen molar-refractivity contribution >= 4 is 11.9 Å². The largest absolute Gasteiger partial charge is 0.466 e. The highest BCUT2D eigenvalue weighted by Gasteiger charge is 2.20. The van der Waals surface area contributed by atoms with E-state index in [2.05, 4.69) is 10.6 Å². The Morgan fingerprint density at radius 3 is 3.07 bits per heavy atom. The van der Waals surface area contributed by atoms with Crippen molar-refractivity contribution in [2.24, 2.45) is 0 Å². The lowest BCUT2D eigenvalue weighted by atomic mass is 10.2. The first-order valence-corrected chi connectivity index (χ1v) is 4.88. The van der Waals surface area contributed by atoms with Crippen LogP contribution in [0.4, 0.5) is 0 Å². The second-order valence-corrected chi connectivity index (χ2v) is 3.21. The molecular weight excluding hydrogens is 184 g/mol. The molecule has 1 aliphatic rings. The normalized spacial score (nSPS) is 20.6. The predicted molar refractivity (Wildman–Crippen MR) is 50.7 cm³/mol. The van der Waals surface area contributed by atoms with Gasteiger partial charge in [-0.25, -0.2) is 0 Å². The van der Waals surface area contributed by atoms with Crippen LogP contribution in [0.15, 0.2) is 0 Å². The molecule has 0 spiro atoms. The lowest BCUT2D eigenvalue weighted by Crippen LogP contribution is -2.32. The van der Waals surface area contributed by atoms with Gasteiger partial charge in [-0.15, -0.1) is 0 Å². The lowest BCUT2D eigenvalue weighted by molar-refractivity contribution is -0.143. The molecule has 1 amide bonds. The van der Waals surface area contributed by atoms with E-state index in [4.69, 9.17) is 4.74 Å². The first kappa shape index (κ1) is 11.0. The van der Waals surface area contributed by atoms with Crippen LogP contribution in [0.3, 0.4) is 0 Å². The molecule has 1 aliphatic heterocycles. The zero-order chi connectivity index (χ0) is 10.4. The molecule has 0 aliphatic carbocycles. The van der Waals surface area contributed by atoms with Gasteiger partial charge in [0.15, 0.2) is 0 Å². The number of amides is 1. The van der Waals surface area contributed by atoms with Crippen LogP contribution in [-0.2, 0) is 14.3 Å². The van der Waals surface area contributed by atoms with Crippen LogP contribution >= 0.6 is 0 Å². The fourth-order valence-electron chi connectivity index (χ4n) is 1.36. The number of hydrogen-bond acceptors (Lipinski definition) is 4. The first-order chi connectivity index (χ1) is 6.72. The average molecular weight is 200 g/mol. The van der Waals surface area contributed by atoms with Crippen LogP contribution in [0.5, 0.6) is 0 Å². The third kappa shape index (κ3) is 3.74. The van der Waals surface area contributed by atoms with Gasteiger partial charge in [-0.1, -0.05) is 0 Å². The number of ether oxygens (including phenoxy) is 1. The van der Waals surface area contributed by atoms with Gasteiger partial charge in [-0.2, -0.15) is 0 Å². The van der Waals surface area contributed by atoms with Gasteiger partial charge in [0.25, 0.3) is 0 Å². The summed E-state index contributed by atoms with van der Waals surface area (Å²) in [6.07, 6.45) is 0.862. The molecule has 1 atom stereocenters. The number of carbonyl (C=O) groups excluding carboxylic acids is 2. The van der Waals surface area contributed by atoms with Crippen LogP contribution in [-0.4, -0.2) is 37.6 Å². The van der Waals surface area contributed by atoms with E-state index in [0.717, 1.165) is 0 Å². The zero-order valence-electron chi connectivity index (χ0n) is 8.34. The summed E-state index contributed by atoms with van der Waals surface area (Å²) in [5.41, 5.74) is 0. The standard InChI is InChI=1S/C9H16N2O3/c1-2-14-9(13)3-4-10-7-5-8(12)11-6-7/h7,10H,2-6H2,1H3,(H,11,12). The van der Waals surface area contributed by atoms with Crippen LogP contribution in [0.2, 0.25) is 0 Å². The molecule has 2 N–H and O–H groups in total. The quantitative estimate of drug-likeness (QED) is 0.582. The molecule has 0 aromatic heterocycles. The summed E-state index contributed by atoms with van der Waals surface area (Å²) in [6.45, 7) is 3.42. The van der Waals surface area contributed by atoms with Crippen molar-refractivity contribution in [3.8, 4) is 0 Å². The second kappa shape index (κ2) is 5.59. The number of nitrogens with one attached hydrogen (secondary N) is 2. The van der Waals surface area contributed by atoms with E-state index >= 15 is 0 Å². The molecular formula is C9H16N2O3. The molecule has 80 valence electrons. The van der Waals surface area contributed by atoms with Crippen molar-refractivity contribution in [3.63, 3.8) is 0 Å². The Bertz CT molecular complexity index is 218. The van der Waals surface area contributed by atoms with E-state index in [0.29, 0.717) is 32.5 Å². The minimum Gasteiger partial charge on any atom is -0.466 e. The predicted octanol–water partition coefficient (Wildman–Crippen LogP) is -0.582. The zero-order valence-corrected chi connectivity index (χ0v) is 8.34. The number of rotatable bonds is 5. The van der Waals surface area contributed by atoms with E-state index in [1.54, 1.807) is 6.92 Å². The summed E-state index contributed by atoms with van der Waals surface area (Å²) in [6, 6.07) is 0.164. The molecule has 0 radical (unpaired) electrons. The van der Waals surface area contributed by atoms with Gasteiger partial charge in [0.2, 0.25) is 5.91 Å². The minimum absolute atomic E-state index is 0.0682. The maximum absolute atomic E-state index is 10.9. The number of esters is 1. The Kier molecular flexibility index (Phi) is 4.39. The highest BCUT2D eigenvalue weighted by Crippen LogP contribution is 1.98. The molecule has 1 rings (SSSR count). The van der Waals surface area contributed by atoms with E-state index in [9.17, 15) is 9.59 Å². The van der Waals surface area contributed by atoms with Crippen molar-refractivity contribution < 1.29 is 14.3 Å². The van der Waals surface area contributed by atoms with Gasteiger partial charge < -0.3 is 15.4 Å². The molecule has 1 heterocycles. The maximum atomic E-state index is 10.9. The molecule has 1 saturated heterocycles. The van der Waals surface area contributed by atoms with E-state index in [1.807, 2.05) is 0 Å². The minimum atomic E-state index is -0.197. The summed E-state index contributed by atoms with van der Waals surface area (Å²) < 4.78 is 4.77. The molecule has 1 fully saturated rings. The van der Waals surface area contributed by atoms with Gasteiger partial charge in [0, 0.05) is 25.6 Å². The molecule has 5 nitrogen and oxygen atoms in total. The van der Waals surface area contributed by atoms with Crippen molar-refractivity contribution in [3.05, 3.63) is 0 Å². The molecule has 0 aromatic rings. The molecule has 1 unspecified atom stereocenters. The van der Waals surface area contributed by atoms with Gasteiger partial charge >= 0.3 is 5.97 Å². The van der Waals surface area contributed by atoms with Crippen LogP contribution in [0.1, 0.15) is 19.8 Å². The van der Waals surface area contributed by atoms with Crippen LogP contribution in [0, 0.1) is 0 Å². The van der Waals surface area contributed by atoms with Crippen LogP contribution in [0.25, 0.3) is 0 Å². The average Bonchev–Trinajstić information content (AvgIpc) is 2.52. The maximum Gasteiger partial charge on any atom is 0.307 e. The third-order valence-corrected chi connectivity index (χ3v) is 2.04. The van der Waals surface area contributed by atoms with E-state index in [1.165, 1.54) is 0 Å². The summed E-state index contributed by atoms with van der Waals surface area (Å²) >= 11 is 0. The number of carbonyl (C=O) groups is 2. The fraction of sp³-hybridized carbons (Fsp3) is 0.778. The lowest BCUT2D eigenvalue weighted by Gasteiger charge is -2.09. The highest BCUT2D eigenvalue weighted by atomic mass is 16.5. The van der Waals surface area contributed by atoms with Gasteiger partial charge in [0.05, 0.1) is 13.0 Å². The van der Waals surface area contributed by atoms with Gasteiger partial charge in [-0.05, 0) is 6.92 Å². The Labute approximate surface area is 83.2 Å². The molecule has 5 heteroatoms. The fourth-order valence-corrected chi connectivity index (χ4v) is 1.36. The molecule has 0 bridgehead atoms. The monoisotopic (exact) mass is 200 g/mol. The summed E-state index contributed by atoms with van der Waals surface area (Å²) in [4.78, 5) is 21.7. The Morgan fingerprint density at radius 2 is 2.50 bits per heavy atom. The Hall–Kier alpha value is -1.10.